The number of aryl methyl sites for hydroxylation is 1. The van der Waals surface area contributed by atoms with E-state index in [0.29, 0.717) is 23.7 Å². The van der Waals surface area contributed by atoms with Gasteiger partial charge in [-0.05, 0) is 29.7 Å². The summed E-state index contributed by atoms with van der Waals surface area (Å²) in [4.78, 5) is 21.4. The van der Waals surface area contributed by atoms with E-state index in [9.17, 15) is 4.79 Å². The van der Waals surface area contributed by atoms with E-state index in [-0.39, 0.29) is 5.56 Å². The van der Waals surface area contributed by atoms with Crippen LogP contribution in [0.5, 0.6) is 0 Å². The molecule has 0 N–H and O–H groups in total. The highest BCUT2D eigenvalue weighted by Gasteiger charge is 2.20. The third-order valence-electron chi connectivity index (χ3n) is 4.62. The predicted molar refractivity (Wildman–Crippen MR) is 95.3 cm³/mol. The summed E-state index contributed by atoms with van der Waals surface area (Å²) in [6, 6.07) is 18.1. The van der Waals surface area contributed by atoms with Crippen LogP contribution in [0, 0.1) is 0 Å². The Hall–Kier alpha value is -3.21. The molecule has 4 aromatic rings. The summed E-state index contributed by atoms with van der Waals surface area (Å²) in [5, 5.41) is 0. The topological polar surface area (TPSA) is 60.9 Å². The van der Waals surface area contributed by atoms with Gasteiger partial charge in [-0.2, -0.15) is 4.98 Å². The highest BCUT2D eigenvalue weighted by atomic mass is 16.4. The number of benzene rings is 2. The quantitative estimate of drug-likeness (QED) is 0.563. The number of hydrogen-bond acceptors (Lipinski definition) is 4. The molecule has 1 aliphatic rings. The molecule has 0 spiro atoms. The lowest BCUT2D eigenvalue weighted by molar-refractivity contribution is 0.602. The smallest absolute Gasteiger partial charge is 0.283 e. The minimum atomic E-state index is -0.103. The van der Waals surface area contributed by atoms with Crippen LogP contribution in [0.1, 0.15) is 12.2 Å². The Bertz CT molecular complexity index is 1130. The van der Waals surface area contributed by atoms with Crippen LogP contribution in [0.2, 0.25) is 0 Å². The Balaban J connectivity index is 1.57. The minimum Gasteiger partial charge on any atom is -0.417 e. The fourth-order valence-electron chi connectivity index (χ4n) is 3.33. The minimum absolute atomic E-state index is 0.103. The molecule has 25 heavy (non-hydrogen) atoms. The first kappa shape index (κ1) is 14.2. The first-order valence-corrected chi connectivity index (χ1v) is 8.36. The molecule has 3 heterocycles. The Morgan fingerprint density at radius 2 is 1.60 bits per heavy atom. The number of nitrogens with zero attached hydrogens (tertiary/aromatic N) is 3. The third kappa shape index (κ3) is 2.28. The van der Waals surface area contributed by atoms with Gasteiger partial charge in [-0.1, -0.05) is 42.5 Å². The van der Waals surface area contributed by atoms with Crippen molar-refractivity contribution in [3.63, 3.8) is 0 Å². The van der Waals surface area contributed by atoms with Gasteiger partial charge in [0.1, 0.15) is 5.82 Å². The Morgan fingerprint density at radius 1 is 0.880 bits per heavy atom. The van der Waals surface area contributed by atoms with E-state index in [4.69, 9.17) is 4.42 Å². The van der Waals surface area contributed by atoms with Crippen LogP contribution in [-0.4, -0.2) is 14.5 Å². The predicted octanol–water partition coefficient (Wildman–Crippen LogP) is 3.66. The summed E-state index contributed by atoms with van der Waals surface area (Å²) >= 11 is 0. The molecule has 0 saturated carbocycles. The summed E-state index contributed by atoms with van der Waals surface area (Å²) in [6.45, 7) is 0.713. The zero-order valence-corrected chi connectivity index (χ0v) is 13.5. The lowest BCUT2D eigenvalue weighted by Gasteiger charge is -2.02. The van der Waals surface area contributed by atoms with E-state index >= 15 is 0 Å². The number of oxazole rings is 1. The molecule has 5 rings (SSSR count). The average Bonchev–Trinajstić information content (AvgIpc) is 3.30. The van der Waals surface area contributed by atoms with Crippen LogP contribution in [0.3, 0.4) is 0 Å². The van der Waals surface area contributed by atoms with Crippen LogP contribution >= 0.6 is 0 Å². The van der Waals surface area contributed by atoms with Crippen molar-refractivity contribution in [2.24, 2.45) is 0 Å². The molecule has 122 valence electrons. The lowest BCUT2D eigenvalue weighted by atomic mass is 10.0. The first-order chi connectivity index (χ1) is 12.3. The van der Waals surface area contributed by atoms with E-state index in [1.807, 2.05) is 42.5 Å². The van der Waals surface area contributed by atoms with Crippen LogP contribution in [0.25, 0.3) is 33.8 Å². The highest BCUT2D eigenvalue weighted by Crippen LogP contribution is 2.26. The van der Waals surface area contributed by atoms with Crippen molar-refractivity contribution >= 4 is 11.2 Å². The van der Waals surface area contributed by atoms with Crippen molar-refractivity contribution < 1.29 is 4.42 Å². The Morgan fingerprint density at radius 3 is 2.40 bits per heavy atom. The summed E-state index contributed by atoms with van der Waals surface area (Å²) in [7, 11) is 0. The van der Waals surface area contributed by atoms with Crippen molar-refractivity contribution in [1.29, 1.82) is 0 Å². The molecule has 0 saturated heterocycles. The number of fused-ring (bicyclic) bond motifs is 2. The molecular formula is C20H15N3O2. The second kappa shape index (κ2) is 5.41. The van der Waals surface area contributed by atoms with E-state index in [1.165, 1.54) is 0 Å². The van der Waals surface area contributed by atoms with Gasteiger partial charge in [-0.25, -0.2) is 4.98 Å². The van der Waals surface area contributed by atoms with Crippen LogP contribution in [0.4, 0.5) is 0 Å². The van der Waals surface area contributed by atoms with Crippen molar-refractivity contribution in [2.45, 2.75) is 19.4 Å². The molecule has 1 aliphatic heterocycles. The van der Waals surface area contributed by atoms with Gasteiger partial charge in [0, 0.05) is 18.5 Å². The zero-order valence-electron chi connectivity index (χ0n) is 13.5. The van der Waals surface area contributed by atoms with Gasteiger partial charge in [0.25, 0.3) is 11.3 Å². The molecule has 5 nitrogen and oxygen atoms in total. The van der Waals surface area contributed by atoms with Gasteiger partial charge < -0.3 is 4.42 Å². The van der Waals surface area contributed by atoms with Crippen LogP contribution < -0.4 is 5.56 Å². The monoisotopic (exact) mass is 329 g/mol. The van der Waals surface area contributed by atoms with Gasteiger partial charge in [0.05, 0.1) is 0 Å². The lowest BCUT2D eigenvalue weighted by Crippen LogP contribution is -2.20. The molecule has 0 aliphatic carbocycles. The summed E-state index contributed by atoms with van der Waals surface area (Å²) in [5.41, 5.74) is 3.66. The second-order valence-electron chi connectivity index (χ2n) is 6.20. The first-order valence-electron chi connectivity index (χ1n) is 8.36. The van der Waals surface area contributed by atoms with Gasteiger partial charge in [-0.15, -0.1) is 0 Å². The standard InChI is InChI=1S/C20H15N3O2/c24-20-17-19(21-16-7-4-12-23(16)20)25-18(22-17)15-10-8-14(9-11-15)13-5-2-1-3-6-13/h1-3,5-6,8-11H,4,7,12H2. The van der Waals surface area contributed by atoms with E-state index in [2.05, 4.69) is 22.1 Å². The van der Waals surface area contributed by atoms with Gasteiger partial charge in [0.2, 0.25) is 5.89 Å². The fourth-order valence-corrected chi connectivity index (χ4v) is 3.33. The molecule has 5 heteroatoms. The van der Waals surface area contributed by atoms with Crippen molar-refractivity contribution in [1.82, 2.24) is 14.5 Å². The Labute approximate surface area is 143 Å². The normalized spacial score (nSPS) is 13.3. The Kier molecular flexibility index (Phi) is 3.06. The molecule has 0 amide bonds. The van der Waals surface area contributed by atoms with Crippen LogP contribution in [0.15, 0.2) is 63.8 Å². The molecule has 2 aromatic heterocycles. The summed E-state index contributed by atoms with van der Waals surface area (Å²) in [6.07, 6.45) is 1.76. The summed E-state index contributed by atoms with van der Waals surface area (Å²) in [5.74, 6) is 1.23. The average molecular weight is 329 g/mol. The maximum Gasteiger partial charge on any atom is 0.283 e. The third-order valence-corrected chi connectivity index (χ3v) is 4.62. The molecule has 0 radical (unpaired) electrons. The maximum atomic E-state index is 12.5. The highest BCUT2D eigenvalue weighted by molar-refractivity contribution is 5.73. The van der Waals surface area contributed by atoms with Crippen molar-refractivity contribution in [3.8, 4) is 22.6 Å². The fraction of sp³-hybridized carbons (Fsp3) is 0.150. The largest absolute Gasteiger partial charge is 0.417 e. The van der Waals surface area contributed by atoms with E-state index in [1.54, 1.807) is 4.57 Å². The molecule has 0 bridgehead atoms. The van der Waals surface area contributed by atoms with Gasteiger partial charge in [-0.3, -0.25) is 9.36 Å². The van der Waals surface area contributed by atoms with E-state index < -0.39 is 0 Å². The van der Waals surface area contributed by atoms with Crippen molar-refractivity contribution in [3.05, 3.63) is 70.8 Å². The molecule has 0 unspecified atom stereocenters. The molecule has 0 atom stereocenters. The van der Waals surface area contributed by atoms with E-state index in [0.717, 1.165) is 35.4 Å². The molecular weight excluding hydrogens is 314 g/mol. The number of aromatic nitrogens is 3. The molecule has 2 aromatic carbocycles. The number of hydrogen-bond donors (Lipinski definition) is 0. The molecule has 0 fully saturated rings. The maximum absolute atomic E-state index is 12.5. The van der Waals surface area contributed by atoms with Crippen LogP contribution in [-0.2, 0) is 13.0 Å². The number of rotatable bonds is 2. The van der Waals surface area contributed by atoms with Gasteiger partial charge in [0.15, 0.2) is 5.52 Å². The zero-order chi connectivity index (χ0) is 16.8. The van der Waals surface area contributed by atoms with Gasteiger partial charge >= 0.3 is 0 Å². The van der Waals surface area contributed by atoms with Crippen molar-refractivity contribution in [2.75, 3.05) is 0 Å². The summed E-state index contributed by atoms with van der Waals surface area (Å²) < 4.78 is 7.47. The second-order valence-corrected chi connectivity index (χ2v) is 6.20. The SMILES string of the molecule is O=c1c2nc(-c3ccc(-c4ccccc4)cc3)oc2nc2n1CCC2.